The number of hydrogen-bond donors (Lipinski definition) is 1. The zero-order valence-electron chi connectivity index (χ0n) is 11.0. The highest BCUT2D eigenvalue weighted by atomic mass is 32.2. The molecule has 0 bridgehead atoms. The second-order valence-electron chi connectivity index (χ2n) is 4.48. The fourth-order valence-corrected chi connectivity index (χ4v) is 3.32. The lowest BCUT2D eigenvalue weighted by Gasteiger charge is -2.25. The van der Waals surface area contributed by atoms with Crippen molar-refractivity contribution in [2.24, 2.45) is 0 Å². The lowest BCUT2D eigenvalue weighted by molar-refractivity contribution is -0.123. The van der Waals surface area contributed by atoms with Gasteiger partial charge in [-0.05, 0) is 31.0 Å². The van der Waals surface area contributed by atoms with Gasteiger partial charge in [-0.1, -0.05) is 13.8 Å². The highest BCUT2D eigenvalue weighted by molar-refractivity contribution is 7.91. The molecule has 5 nitrogen and oxygen atoms in total. The van der Waals surface area contributed by atoms with Gasteiger partial charge in [0.15, 0.2) is 15.9 Å². The summed E-state index contributed by atoms with van der Waals surface area (Å²) in [5, 5.41) is 2.69. The van der Waals surface area contributed by atoms with Gasteiger partial charge in [-0.15, -0.1) is 0 Å². The van der Waals surface area contributed by atoms with Gasteiger partial charge in [-0.3, -0.25) is 4.79 Å². The topological polar surface area (TPSA) is 72.5 Å². The van der Waals surface area contributed by atoms with Crippen LogP contribution in [-0.4, -0.2) is 26.2 Å². The Morgan fingerprint density at radius 1 is 1.32 bits per heavy atom. The van der Waals surface area contributed by atoms with Crippen LogP contribution >= 0.6 is 0 Å². The molecule has 1 atom stereocenters. The van der Waals surface area contributed by atoms with E-state index in [1.54, 1.807) is 6.07 Å². The first-order chi connectivity index (χ1) is 8.97. The lowest BCUT2D eigenvalue weighted by atomic mass is 10.2. The smallest absolute Gasteiger partial charge is 0.265 e. The molecule has 1 aromatic carbocycles. The minimum atomic E-state index is -3.29. The van der Waals surface area contributed by atoms with Gasteiger partial charge in [0, 0.05) is 0 Å². The average Bonchev–Trinajstić information content (AvgIpc) is 2.37. The van der Waals surface area contributed by atoms with Crippen LogP contribution in [0.5, 0.6) is 5.75 Å². The summed E-state index contributed by atoms with van der Waals surface area (Å²) in [7, 11) is -3.29. The fraction of sp³-hybridized carbons (Fsp3) is 0.462. The van der Waals surface area contributed by atoms with Crippen LogP contribution in [0.3, 0.4) is 0 Å². The third kappa shape index (κ3) is 2.73. The summed E-state index contributed by atoms with van der Waals surface area (Å²) >= 11 is 0. The Bertz CT molecular complexity index is 595. The van der Waals surface area contributed by atoms with Crippen LogP contribution in [0.25, 0.3) is 0 Å². The molecule has 0 fully saturated rings. The maximum atomic E-state index is 12.0. The number of amides is 1. The van der Waals surface area contributed by atoms with Crippen molar-refractivity contribution in [1.29, 1.82) is 0 Å². The molecule has 1 N–H and O–H groups in total. The molecule has 0 saturated carbocycles. The number of nitrogens with one attached hydrogen (secondary N) is 1. The van der Waals surface area contributed by atoms with Crippen molar-refractivity contribution < 1.29 is 17.9 Å². The van der Waals surface area contributed by atoms with Crippen molar-refractivity contribution in [3.63, 3.8) is 0 Å². The third-order valence-electron chi connectivity index (χ3n) is 2.97. The van der Waals surface area contributed by atoms with E-state index in [9.17, 15) is 13.2 Å². The van der Waals surface area contributed by atoms with Crippen LogP contribution in [0.4, 0.5) is 5.69 Å². The molecule has 0 aromatic heterocycles. The monoisotopic (exact) mass is 283 g/mol. The zero-order chi connectivity index (χ0) is 14.0. The Labute approximate surface area is 112 Å². The summed E-state index contributed by atoms with van der Waals surface area (Å²) < 4.78 is 29.4. The molecule has 1 unspecified atom stereocenters. The zero-order valence-corrected chi connectivity index (χ0v) is 11.8. The highest BCUT2D eigenvalue weighted by Gasteiger charge is 2.27. The normalized spacial score (nSPS) is 18.4. The van der Waals surface area contributed by atoms with E-state index in [1.807, 2.05) is 13.8 Å². The maximum Gasteiger partial charge on any atom is 0.265 e. The summed E-state index contributed by atoms with van der Waals surface area (Å²) in [6.07, 6.45) is 0.618. The summed E-state index contributed by atoms with van der Waals surface area (Å²) in [5.74, 6) is 0.375. The summed E-state index contributed by atoms with van der Waals surface area (Å²) in [4.78, 5) is 11.9. The number of ether oxygens (including phenoxy) is 1. The molecule has 1 heterocycles. The Balaban J connectivity index is 2.36. The molecule has 0 aliphatic carbocycles. The largest absolute Gasteiger partial charge is 0.478 e. The van der Waals surface area contributed by atoms with E-state index in [2.05, 4.69) is 5.32 Å². The van der Waals surface area contributed by atoms with Gasteiger partial charge in [0.2, 0.25) is 0 Å². The molecule has 1 aromatic rings. The molecule has 19 heavy (non-hydrogen) atoms. The molecule has 1 amide bonds. The molecule has 0 radical (unpaired) electrons. The van der Waals surface area contributed by atoms with Crippen LogP contribution in [0.1, 0.15) is 26.7 Å². The van der Waals surface area contributed by atoms with Crippen molar-refractivity contribution in [2.45, 2.75) is 37.7 Å². The number of benzene rings is 1. The quantitative estimate of drug-likeness (QED) is 0.917. The van der Waals surface area contributed by atoms with Gasteiger partial charge in [-0.2, -0.15) is 0 Å². The molecule has 104 valence electrons. The van der Waals surface area contributed by atoms with Gasteiger partial charge in [0.05, 0.1) is 16.3 Å². The Morgan fingerprint density at radius 2 is 2.05 bits per heavy atom. The van der Waals surface area contributed by atoms with Crippen molar-refractivity contribution in [2.75, 3.05) is 11.1 Å². The second kappa shape index (κ2) is 5.21. The highest BCUT2D eigenvalue weighted by Crippen LogP contribution is 2.32. The standard InChI is InChI=1S/C13H17NO4S/c1-3-7-19(16,17)9-5-6-12-10(8-9)14-13(15)11(4-2)18-12/h5-6,8,11H,3-4,7H2,1-2H3,(H,14,15). The van der Waals surface area contributed by atoms with E-state index in [4.69, 9.17) is 4.74 Å². The van der Waals surface area contributed by atoms with Gasteiger partial charge >= 0.3 is 0 Å². The molecule has 1 aliphatic rings. The van der Waals surface area contributed by atoms with Crippen LogP contribution in [0.15, 0.2) is 23.1 Å². The first-order valence-corrected chi connectivity index (χ1v) is 7.97. The summed E-state index contributed by atoms with van der Waals surface area (Å²) in [5.41, 5.74) is 0.423. The van der Waals surface area contributed by atoms with E-state index in [-0.39, 0.29) is 16.6 Å². The summed E-state index contributed by atoms with van der Waals surface area (Å²) in [6, 6.07) is 4.58. The number of carbonyl (C=O) groups excluding carboxylic acids is 1. The van der Waals surface area contributed by atoms with E-state index in [0.717, 1.165) is 0 Å². The predicted molar refractivity (Wildman–Crippen MR) is 72.1 cm³/mol. The van der Waals surface area contributed by atoms with Gasteiger partial charge in [-0.25, -0.2) is 8.42 Å². The molecule has 0 saturated heterocycles. The lowest BCUT2D eigenvalue weighted by Crippen LogP contribution is -2.36. The molecule has 6 heteroatoms. The van der Waals surface area contributed by atoms with Crippen LogP contribution in [0, 0.1) is 0 Å². The van der Waals surface area contributed by atoms with E-state index in [0.29, 0.717) is 24.3 Å². The van der Waals surface area contributed by atoms with Crippen molar-refractivity contribution in [1.82, 2.24) is 0 Å². The van der Waals surface area contributed by atoms with Gasteiger partial charge in [0.1, 0.15) is 5.75 Å². The third-order valence-corrected chi connectivity index (χ3v) is 4.89. The van der Waals surface area contributed by atoms with Crippen LogP contribution < -0.4 is 10.1 Å². The van der Waals surface area contributed by atoms with E-state index < -0.39 is 15.9 Å². The number of fused-ring (bicyclic) bond motifs is 1. The molecule has 1 aliphatic heterocycles. The maximum absolute atomic E-state index is 12.0. The Kier molecular flexibility index (Phi) is 3.80. The van der Waals surface area contributed by atoms with Gasteiger partial charge in [0.25, 0.3) is 5.91 Å². The molecule has 2 rings (SSSR count). The van der Waals surface area contributed by atoms with Crippen LogP contribution in [-0.2, 0) is 14.6 Å². The number of rotatable bonds is 4. The first-order valence-electron chi connectivity index (χ1n) is 6.32. The summed E-state index contributed by atoms with van der Waals surface area (Å²) in [6.45, 7) is 3.67. The van der Waals surface area contributed by atoms with Crippen LogP contribution in [0.2, 0.25) is 0 Å². The molecular formula is C13H17NO4S. The average molecular weight is 283 g/mol. The minimum absolute atomic E-state index is 0.0954. The number of sulfone groups is 1. The SMILES string of the molecule is CCCS(=O)(=O)c1ccc2c(c1)NC(=O)C(CC)O2. The minimum Gasteiger partial charge on any atom is -0.478 e. The number of anilines is 1. The number of hydrogen-bond acceptors (Lipinski definition) is 4. The Morgan fingerprint density at radius 3 is 2.68 bits per heavy atom. The van der Waals surface area contributed by atoms with Crippen molar-refractivity contribution in [3.8, 4) is 5.75 Å². The first kappa shape index (κ1) is 13.9. The molecular weight excluding hydrogens is 266 g/mol. The van der Waals surface area contributed by atoms with E-state index in [1.165, 1.54) is 12.1 Å². The molecule has 0 spiro atoms. The fourth-order valence-electron chi connectivity index (χ4n) is 1.98. The second-order valence-corrected chi connectivity index (χ2v) is 6.59. The van der Waals surface area contributed by atoms with E-state index >= 15 is 0 Å². The predicted octanol–water partition coefficient (Wildman–Crippen LogP) is 1.98. The Hall–Kier alpha value is -1.56. The number of carbonyl (C=O) groups is 1. The van der Waals surface area contributed by atoms with Crippen molar-refractivity contribution >= 4 is 21.4 Å². The van der Waals surface area contributed by atoms with Gasteiger partial charge < -0.3 is 10.1 Å². The van der Waals surface area contributed by atoms with Crippen molar-refractivity contribution in [3.05, 3.63) is 18.2 Å².